The van der Waals surface area contributed by atoms with Crippen molar-refractivity contribution in [3.8, 4) is 22.8 Å². The molecule has 1 aromatic carbocycles. The van der Waals surface area contributed by atoms with E-state index in [1.807, 2.05) is 37.3 Å². The van der Waals surface area contributed by atoms with Crippen molar-refractivity contribution < 1.29 is 17.9 Å². The van der Waals surface area contributed by atoms with E-state index in [1.165, 1.54) is 6.20 Å². The van der Waals surface area contributed by atoms with Crippen LogP contribution in [0.1, 0.15) is 17.7 Å². The Morgan fingerprint density at radius 1 is 1.15 bits per heavy atom. The fourth-order valence-electron chi connectivity index (χ4n) is 3.49. The minimum atomic E-state index is -3.56. The van der Waals surface area contributed by atoms with E-state index in [-0.39, 0.29) is 0 Å². The number of ether oxygens (including phenoxy) is 2. The Hall–Kier alpha value is -3.24. The number of para-hydroxylation sites is 1. The van der Waals surface area contributed by atoms with Crippen molar-refractivity contribution in [1.82, 2.24) is 19.2 Å². The molecule has 4 rings (SSSR count). The van der Waals surface area contributed by atoms with Gasteiger partial charge >= 0.3 is 0 Å². The summed E-state index contributed by atoms with van der Waals surface area (Å²) >= 11 is 3.35. The zero-order valence-corrected chi connectivity index (χ0v) is 21.1. The molecule has 0 amide bonds. The molecule has 34 heavy (non-hydrogen) atoms. The summed E-state index contributed by atoms with van der Waals surface area (Å²) in [5, 5.41) is 4.71. The topological polar surface area (TPSA) is 96.2 Å². The number of hydrogen-bond acceptors (Lipinski definition) is 7. The van der Waals surface area contributed by atoms with E-state index < -0.39 is 10.0 Å². The number of benzene rings is 1. The molecule has 4 aromatic rings. The summed E-state index contributed by atoms with van der Waals surface area (Å²) in [7, 11) is -3.56. The predicted molar refractivity (Wildman–Crippen MR) is 136 cm³/mol. The number of fused-ring (bicyclic) bond motifs is 1. The van der Waals surface area contributed by atoms with Gasteiger partial charge in [0.1, 0.15) is 21.6 Å². The van der Waals surface area contributed by atoms with Gasteiger partial charge in [-0.25, -0.2) is 8.42 Å². The van der Waals surface area contributed by atoms with Crippen molar-refractivity contribution >= 4 is 42.9 Å². The van der Waals surface area contributed by atoms with Crippen LogP contribution in [0.25, 0.3) is 28.2 Å². The molecule has 0 unspecified atom stereocenters. The lowest BCUT2D eigenvalue weighted by Gasteiger charge is -2.14. The molecule has 8 nitrogen and oxygen atoms in total. The first-order valence-electron chi connectivity index (χ1n) is 10.5. The summed E-state index contributed by atoms with van der Waals surface area (Å²) in [6, 6.07) is 11.3. The van der Waals surface area contributed by atoms with E-state index in [2.05, 4.69) is 37.6 Å². The Morgan fingerprint density at radius 2 is 1.91 bits per heavy atom. The minimum Gasteiger partial charge on any atom is -0.493 e. The Bertz CT molecular complexity index is 1470. The third-order valence-corrected chi connectivity index (χ3v) is 6.59. The lowest BCUT2D eigenvalue weighted by atomic mass is 10.1. The monoisotopic (exact) mass is 542 g/mol. The van der Waals surface area contributed by atoms with Crippen LogP contribution in [0.5, 0.6) is 11.5 Å². The average Bonchev–Trinajstić information content (AvgIpc) is 3.16. The molecule has 0 radical (unpaired) electrons. The minimum absolute atomic E-state index is 0.392. The van der Waals surface area contributed by atoms with Gasteiger partial charge in [0.05, 0.1) is 37.1 Å². The third kappa shape index (κ3) is 4.97. The summed E-state index contributed by atoms with van der Waals surface area (Å²) in [6.45, 7) is 6.58. The number of pyridine rings is 2. The van der Waals surface area contributed by atoms with Crippen LogP contribution in [-0.4, -0.2) is 47.0 Å². The first kappa shape index (κ1) is 23.9. The first-order chi connectivity index (χ1) is 16.3. The van der Waals surface area contributed by atoms with Crippen molar-refractivity contribution in [2.45, 2.75) is 13.3 Å². The SMILES string of the molecule is C=Cc1ccccc1OCCCOc1c(-c2cc3c(Br)nn(S(C)(=O)=O)c3cn2)ccnc1C. The molecule has 0 saturated heterocycles. The van der Waals surface area contributed by atoms with Crippen LogP contribution in [0.2, 0.25) is 0 Å². The number of aromatic nitrogens is 4. The Morgan fingerprint density at radius 3 is 2.68 bits per heavy atom. The fraction of sp³-hybridized carbons (Fsp3) is 0.208. The molecule has 0 saturated carbocycles. The highest BCUT2D eigenvalue weighted by molar-refractivity contribution is 9.10. The summed E-state index contributed by atoms with van der Waals surface area (Å²) in [5.41, 5.74) is 3.44. The largest absolute Gasteiger partial charge is 0.493 e. The van der Waals surface area contributed by atoms with Crippen molar-refractivity contribution in [1.29, 1.82) is 0 Å². The van der Waals surface area contributed by atoms with Crippen LogP contribution >= 0.6 is 15.9 Å². The Labute approximate surface area is 206 Å². The molecule has 176 valence electrons. The van der Waals surface area contributed by atoms with E-state index in [9.17, 15) is 8.42 Å². The van der Waals surface area contributed by atoms with Gasteiger partial charge in [0.2, 0.25) is 0 Å². The fourth-order valence-corrected chi connectivity index (χ4v) is 4.80. The maximum absolute atomic E-state index is 12.0. The number of rotatable bonds is 9. The highest BCUT2D eigenvalue weighted by Crippen LogP contribution is 2.34. The highest BCUT2D eigenvalue weighted by Gasteiger charge is 2.19. The number of nitrogens with zero attached hydrogens (tertiary/aromatic N) is 4. The number of halogens is 1. The van der Waals surface area contributed by atoms with Gasteiger partial charge in [-0.2, -0.15) is 4.09 Å². The first-order valence-corrected chi connectivity index (χ1v) is 13.1. The molecular formula is C24H23BrN4O4S. The van der Waals surface area contributed by atoms with Crippen LogP contribution in [0, 0.1) is 6.92 Å². The highest BCUT2D eigenvalue weighted by atomic mass is 79.9. The standard InChI is InChI=1S/C24H23BrN4O4S/c1-4-17-8-5-6-9-22(17)32-12-7-13-33-23-16(2)26-11-10-18(23)20-14-19-21(15-27-20)29(28-24(19)25)34(3,30)31/h4-6,8-11,14-15H,1,7,12-13H2,2-3H3. The van der Waals surface area contributed by atoms with Gasteiger partial charge in [-0.3, -0.25) is 9.97 Å². The van der Waals surface area contributed by atoms with E-state index in [0.717, 1.165) is 32.9 Å². The van der Waals surface area contributed by atoms with E-state index in [4.69, 9.17) is 9.47 Å². The van der Waals surface area contributed by atoms with Gasteiger partial charge in [0.25, 0.3) is 10.0 Å². The van der Waals surface area contributed by atoms with Crippen molar-refractivity contribution in [2.75, 3.05) is 19.5 Å². The van der Waals surface area contributed by atoms with Crippen LogP contribution in [0.3, 0.4) is 0 Å². The molecule has 0 aliphatic rings. The van der Waals surface area contributed by atoms with Gasteiger partial charge in [0, 0.05) is 29.1 Å². The maximum Gasteiger partial charge on any atom is 0.251 e. The second-order valence-electron chi connectivity index (χ2n) is 7.55. The van der Waals surface area contributed by atoms with Crippen molar-refractivity contribution in [2.24, 2.45) is 0 Å². The molecule has 3 aromatic heterocycles. The molecular weight excluding hydrogens is 520 g/mol. The van der Waals surface area contributed by atoms with Crippen LogP contribution in [0.15, 0.2) is 60.0 Å². The molecule has 10 heteroatoms. The van der Waals surface area contributed by atoms with E-state index >= 15 is 0 Å². The van der Waals surface area contributed by atoms with Crippen LogP contribution < -0.4 is 9.47 Å². The lowest BCUT2D eigenvalue weighted by molar-refractivity contribution is 0.246. The third-order valence-electron chi connectivity index (χ3n) is 5.09. The second-order valence-corrected chi connectivity index (χ2v) is 10.1. The molecule has 0 atom stereocenters. The van der Waals surface area contributed by atoms with Gasteiger partial charge in [-0.05, 0) is 41.1 Å². The van der Waals surface area contributed by atoms with Gasteiger partial charge < -0.3 is 9.47 Å². The summed E-state index contributed by atoms with van der Waals surface area (Å²) < 4.78 is 37.4. The number of hydrogen-bond donors (Lipinski definition) is 0. The summed E-state index contributed by atoms with van der Waals surface area (Å²) in [6.07, 6.45) is 6.70. The van der Waals surface area contributed by atoms with Gasteiger partial charge in [-0.1, -0.05) is 30.9 Å². The normalized spacial score (nSPS) is 11.5. The lowest BCUT2D eigenvalue weighted by Crippen LogP contribution is -2.11. The van der Waals surface area contributed by atoms with Gasteiger partial charge in [-0.15, -0.1) is 5.10 Å². The molecule has 0 aliphatic heterocycles. The molecule has 0 aliphatic carbocycles. The van der Waals surface area contributed by atoms with Crippen molar-refractivity contribution in [3.63, 3.8) is 0 Å². The molecule has 0 spiro atoms. The Kier molecular flexibility index (Phi) is 6.99. The quantitative estimate of drug-likeness (QED) is 0.278. The van der Waals surface area contributed by atoms with Crippen LogP contribution in [-0.2, 0) is 10.0 Å². The zero-order valence-electron chi connectivity index (χ0n) is 18.7. The average molecular weight is 543 g/mol. The smallest absolute Gasteiger partial charge is 0.251 e. The Balaban J connectivity index is 1.52. The zero-order chi connectivity index (χ0) is 24.3. The maximum atomic E-state index is 12.0. The van der Waals surface area contributed by atoms with Gasteiger partial charge in [0.15, 0.2) is 0 Å². The summed E-state index contributed by atoms with van der Waals surface area (Å²) in [5.74, 6) is 1.40. The molecule has 0 fully saturated rings. The summed E-state index contributed by atoms with van der Waals surface area (Å²) in [4.78, 5) is 8.83. The van der Waals surface area contributed by atoms with Crippen LogP contribution in [0.4, 0.5) is 0 Å². The van der Waals surface area contributed by atoms with Crippen molar-refractivity contribution in [3.05, 3.63) is 71.2 Å². The number of aryl methyl sites for hydroxylation is 1. The molecule has 0 bridgehead atoms. The predicted octanol–water partition coefficient (Wildman–Crippen LogP) is 4.86. The molecule has 3 heterocycles. The second kappa shape index (κ2) is 9.94. The van der Waals surface area contributed by atoms with E-state index in [1.54, 1.807) is 18.3 Å². The molecule has 0 N–H and O–H groups in total. The van der Waals surface area contributed by atoms with E-state index in [0.29, 0.717) is 46.6 Å².